The van der Waals surface area contributed by atoms with Gasteiger partial charge in [0.2, 0.25) is 6.54 Å². The minimum absolute atomic E-state index is 0.124. The highest BCUT2D eigenvalue weighted by Crippen LogP contribution is 2.20. The van der Waals surface area contributed by atoms with E-state index in [1.807, 2.05) is 0 Å². The van der Waals surface area contributed by atoms with Gasteiger partial charge in [-0.05, 0) is 6.07 Å². The molecule has 0 unspecified atom stereocenters. The van der Waals surface area contributed by atoms with Crippen LogP contribution in [-0.4, -0.2) is 16.7 Å². The Kier molecular flexibility index (Phi) is 1.96. The van der Waals surface area contributed by atoms with Crippen LogP contribution in [0.4, 0.5) is 0 Å². The van der Waals surface area contributed by atoms with Crippen molar-refractivity contribution in [3.63, 3.8) is 0 Å². The fourth-order valence-electron chi connectivity index (χ4n) is 1.56. The van der Waals surface area contributed by atoms with Crippen LogP contribution in [0.3, 0.4) is 0 Å². The normalized spacial score (nSPS) is 13.6. The molecule has 0 atom stereocenters. The van der Waals surface area contributed by atoms with Crippen molar-refractivity contribution in [1.82, 2.24) is 5.32 Å². The van der Waals surface area contributed by atoms with E-state index in [0.717, 1.165) is 0 Å². The van der Waals surface area contributed by atoms with Crippen LogP contribution in [0.1, 0.15) is 26.3 Å². The summed E-state index contributed by atoms with van der Waals surface area (Å²) in [5.41, 5.74) is 0.597. The number of nitrogens with one attached hydrogen (secondary N) is 1. The molecule has 1 aliphatic heterocycles. The lowest BCUT2D eigenvalue weighted by Gasteiger charge is -1.99. The van der Waals surface area contributed by atoms with Crippen molar-refractivity contribution in [2.75, 3.05) is 0 Å². The quantitative estimate of drug-likeness (QED) is 0.429. The number of hydrogen-bond donors (Lipinski definition) is 1. The number of imide groups is 1. The zero-order valence-electron chi connectivity index (χ0n) is 7.52. The van der Waals surface area contributed by atoms with Gasteiger partial charge < -0.3 is 0 Å². The SMILES string of the molecule is O=C1NC(=O)c2c(C[N+](=O)[O-])cccc21. The van der Waals surface area contributed by atoms with Crippen molar-refractivity contribution >= 4 is 11.8 Å². The molecule has 15 heavy (non-hydrogen) atoms. The van der Waals surface area contributed by atoms with E-state index in [-0.39, 0.29) is 16.7 Å². The van der Waals surface area contributed by atoms with E-state index in [0.29, 0.717) is 0 Å². The third-order valence-electron chi connectivity index (χ3n) is 2.15. The molecule has 0 aliphatic carbocycles. The Balaban J connectivity index is 2.55. The molecule has 1 aromatic carbocycles. The second kappa shape index (κ2) is 3.16. The van der Waals surface area contributed by atoms with Crippen LogP contribution < -0.4 is 5.32 Å². The van der Waals surface area contributed by atoms with Gasteiger partial charge in [-0.2, -0.15) is 0 Å². The minimum atomic E-state index is -0.563. The Hall–Kier alpha value is -2.24. The van der Waals surface area contributed by atoms with Crippen molar-refractivity contribution in [3.8, 4) is 0 Å². The standard InChI is InChI=1S/C9H6N2O4/c12-8-6-3-1-2-5(4-11(14)15)7(6)9(13)10-8/h1-3H,4H2,(H,10,12,13). The monoisotopic (exact) mass is 206 g/mol. The minimum Gasteiger partial charge on any atom is -0.288 e. The van der Waals surface area contributed by atoms with E-state index in [2.05, 4.69) is 5.32 Å². The van der Waals surface area contributed by atoms with Gasteiger partial charge in [-0.15, -0.1) is 0 Å². The molecule has 2 amide bonds. The second-order valence-electron chi connectivity index (χ2n) is 3.11. The fourth-order valence-corrected chi connectivity index (χ4v) is 1.56. The first-order valence-corrected chi connectivity index (χ1v) is 4.19. The fraction of sp³-hybridized carbons (Fsp3) is 0.111. The summed E-state index contributed by atoms with van der Waals surface area (Å²) in [6.45, 7) is -0.454. The highest BCUT2D eigenvalue weighted by molar-refractivity contribution is 6.22. The number of hydrogen-bond acceptors (Lipinski definition) is 4. The molecule has 1 aromatic rings. The molecular formula is C9H6N2O4. The zero-order valence-corrected chi connectivity index (χ0v) is 7.52. The maximum Gasteiger partial charge on any atom is 0.259 e. The first kappa shape index (κ1) is 9.32. The maximum absolute atomic E-state index is 11.3. The molecule has 2 rings (SSSR count). The highest BCUT2D eigenvalue weighted by Gasteiger charge is 2.30. The highest BCUT2D eigenvalue weighted by atomic mass is 16.6. The van der Waals surface area contributed by atoms with Gasteiger partial charge >= 0.3 is 0 Å². The van der Waals surface area contributed by atoms with Crippen molar-refractivity contribution in [1.29, 1.82) is 0 Å². The van der Waals surface area contributed by atoms with Gasteiger partial charge in [0.1, 0.15) is 0 Å². The van der Waals surface area contributed by atoms with Crippen molar-refractivity contribution in [3.05, 3.63) is 45.0 Å². The smallest absolute Gasteiger partial charge is 0.259 e. The molecule has 0 saturated carbocycles. The zero-order chi connectivity index (χ0) is 11.0. The van der Waals surface area contributed by atoms with Gasteiger partial charge in [-0.25, -0.2) is 0 Å². The number of carbonyl (C=O) groups is 2. The van der Waals surface area contributed by atoms with Crippen LogP contribution in [0, 0.1) is 10.1 Å². The topological polar surface area (TPSA) is 89.3 Å². The van der Waals surface area contributed by atoms with Crippen LogP contribution in [0.25, 0.3) is 0 Å². The number of fused-ring (bicyclic) bond motifs is 1. The molecule has 1 heterocycles. The predicted octanol–water partition coefficient (Wildman–Crippen LogP) is 0.347. The summed E-state index contributed by atoms with van der Waals surface area (Å²) in [5, 5.41) is 12.4. The Morgan fingerprint density at radius 2 is 2.00 bits per heavy atom. The molecule has 0 radical (unpaired) electrons. The number of benzene rings is 1. The van der Waals surface area contributed by atoms with E-state index in [1.54, 1.807) is 0 Å². The average Bonchev–Trinajstić information content (AvgIpc) is 2.43. The van der Waals surface area contributed by atoms with E-state index in [9.17, 15) is 19.7 Å². The number of carbonyl (C=O) groups excluding carboxylic acids is 2. The summed E-state index contributed by atoms with van der Waals surface area (Å²) in [6.07, 6.45) is 0. The number of nitro groups is 1. The molecule has 76 valence electrons. The first-order chi connectivity index (χ1) is 7.09. The van der Waals surface area contributed by atoms with Crippen LogP contribution in [0.2, 0.25) is 0 Å². The molecule has 0 saturated heterocycles. The first-order valence-electron chi connectivity index (χ1n) is 4.19. The molecule has 1 N–H and O–H groups in total. The van der Waals surface area contributed by atoms with E-state index in [1.165, 1.54) is 18.2 Å². The number of nitrogens with zero attached hydrogens (tertiary/aromatic N) is 1. The number of rotatable bonds is 2. The average molecular weight is 206 g/mol. The van der Waals surface area contributed by atoms with Crippen molar-refractivity contribution < 1.29 is 14.5 Å². The largest absolute Gasteiger partial charge is 0.288 e. The summed E-state index contributed by atoms with van der Waals surface area (Å²) in [5.74, 6) is -1.06. The molecule has 1 aliphatic rings. The third-order valence-corrected chi connectivity index (χ3v) is 2.15. The van der Waals surface area contributed by atoms with Gasteiger partial charge in [0.05, 0.1) is 11.1 Å². The third kappa shape index (κ3) is 1.45. The lowest BCUT2D eigenvalue weighted by Crippen LogP contribution is -2.20. The molecular weight excluding hydrogens is 200 g/mol. The second-order valence-corrected chi connectivity index (χ2v) is 3.11. The Labute approximate surface area is 84.0 Å². The van der Waals surface area contributed by atoms with Crippen LogP contribution in [-0.2, 0) is 6.54 Å². The molecule has 0 aromatic heterocycles. The Morgan fingerprint density at radius 3 is 2.67 bits per heavy atom. The molecule has 0 bridgehead atoms. The van der Waals surface area contributed by atoms with Crippen molar-refractivity contribution in [2.24, 2.45) is 0 Å². The van der Waals surface area contributed by atoms with E-state index >= 15 is 0 Å². The van der Waals surface area contributed by atoms with E-state index < -0.39 is 23.3 Å². The van der Waals surface area contributed by atoms with Crippen molar-refractivity contribution in [2.45, 2.75) is 6.54 Å². The predicted molar refractivity (Wildman–Crippen MR) is 48.9 cm³/mol. The van der Waals surface area contributed by atoms with Gasteiger partial charge in [0, 0.05) is 10.5 Å². The molecule has 6 nitrogen and oxygen atoms in total. The van der Waals surface area contributed by atoms with E-state index in [4.69, 9.17) is 0 Å². The van der Waals surface area contributed by atoms with Crippen LogP contribution >= 0.6 is 0 Å². The van der Waals surface area contributed by atoms with Crippen LogP contribution in [0.5, 0.6) is 0 Å². The molecule has 6 heteroatoms. The lowest BCUT2D eigenvalue weighted by atomic mass is 10.0. The van der Waals surface area contributed by atoms with Gasteiger partial charge in [0.25, 0.3) is 11.8 Å². The van der Waals surface area contributed by atoms with Gasteiger partial charge in [-0.3, -0.25) is 25.0 Å². The number of amides is 2. The summed E-state index contributed by atoms with van der Waals surface area (Å²) < 4.78 is 0. The summed E-state index contributed by atoms with van der Waals surface area (Å²) in [4.78, 5) is 32.3. The Morgan fingerprint density at radius 1 is 1.27 bits per heavy atom. The Bertz CT molecular complexity index is 481. The summed E-state index contributed by atoms with van der Waals surface area (Å²) in [6, 6.07) is 4.47. The lowest BCUT2D eigenvalue weighted by molar-refractivity contribution is -0.496. The summed E-state index contributed by atoms with van der Waals surface area (Å²) >= 11 is 0. The van der Waals surface area contributed by atoms with Gasteiger partial charge in [0.15, 0.2) is 0 Å². The summed E-state index contributed by atoms with van der Waals surface area (Å²) in [7, 11) is 0. The van der Waals surface area contributed by atoms with Crippen LogP contribution in [0.15, 0.2) is 18.2 Å². The van der Waals surface area contributed by atoms with Gasteiger partial charge in [-0.1, -0.05) is 12.1 Å². The molecule has 0 fully saturated rings. The molecule has 0 spiro atoms. The maximum atomic E-state index is 11.3.